The van der Waals surface area contributed by atoms with Gasteiger partial charge in [-0.1, -0.05) is 40.2 Å². The molecular weight excluding hydrogens is 332 g/mol. The van der Waals surface area contributed by atoms with Crippen LogP contribution in [0.15, 0.2) is 64.7 Å². The molecule has 2 aromatic carbocycles. The van der Waals surface area contributed by atoms with Gasteiger partial charge in [-0.2, -0.15) is 0 Å². The average molecular weight is 343 g/mol. The number of aromatic hydroxyl groups is 1. The van der Waals surface area contributed by atoms with Gasteiger partial charge in [-0.15, -0.1) is 0 Å². The number of cyclic esters (lactones) is 1. The van der Waals surface area contributed by atoms with Crippen LogP contribution in [-0.4, -0.2) is 11.1 Å². The molecule has 0 atom stereocenters. The second kappa shape index (κ2) is 5.58. The van der Waals surface area contributed by atoms with Crippen molar-refractivity contribution in [3.63, 3.8) is 0 Å². The van der Waals surface area contributed by atoms with E-state index in [0.717, 1.165) is 15.6 Å². The minimum Gasteiger partial charge on any atom is -0.508 e. The lowest BCUT2D eigenvalue weighted by Crippen LogP contribution is -1.97. The molecule has 2 aromatic rings. The molecule has 104 valence electrons. The molecule has 1 heterocycles. The highest BCUT2D eigenvalue weighted by atomic mass is 79.9. The van der Waals surface area contributed by atoms with Crippen molar-refractivity contribution in [1.29, 1.82) is 0 Å². The zero-order valence-electron chi connectivity index (χ0n) is 10.9. The number of carbonyl (C=O) groups is 1. The van der Waals surface area contributed by atoms with Gasteiger partial charge in [0.25, 0.3) is 0 Å². The zero-order chi connectivity index (χ0) is 14.8. The summed E-state index contributed by atoms with van der Waals surface area (Å²) in [5.74, 6) is 0.357. The summed E-state index contributed by atoms with van der Waals surface area (Å²) in [6.07, 6.45) is 3.45. The Morgan fingerprint density at radius 2 is 1.67 bits per heavy atom. The third-order valence-corrected chi connectivity index (χ3v) is 3.60. The van der Waals surface area contributed by atoms with E-state index < -0.39 is 0 Å². The average Bonchev–Trinajstić information content (AvgIpc) is 2.83. The predicted octanol–water partition coefficient (Wildman–Crippen LogP) is 4.14. The fourth-order valence-electron chi connectivity index (χ4n) is 2.00. The largest absolute Gasteiger partial charge is 0.508 e. The molecule has 0 amide bonds. The Hall–Kier alpha value is -2.33. The SMILES string of the molecule is O=C1OC(c2ccc(Br)cc2)=CC1=Cc1ccc(O)cc1. The van der Waals surface area contributed by atoms with E-state index in [0.29, 0.717) is 11.3 Å². The minimum absolute atomic E-state index is 0.192. The molecule has 4 heteroatoms. The molecule has 1 N–H and O–H groups in total. The van der Waals surface area contributed by atoms with Gasteiger partial charge >= 0.3 is 5.97 Å². The first kappa shape index (κ1) is 13.6. The van der Waals surface area contributed by atoms with E-state index in [1.165, 1.54) is 0 Å². The van der Waals surface area contributed by atoms with Crippen molar-refractivity contribution in [2.24, 2.45) is 0 Å². The zero-order valence-corrected chi connectivity index (χ0v) is 12.5. The van der Waals surface area contributed by atoms with Crippen LogP contribution in [0.2, 0.25) is 0 Å². The van der Waals surface area contributed by atoms with Gasteiger partial charge in [0.05, 0.1) is 5.57 Å². The lowest BCUT2D eigenvalue weighted by molar-refractivity contribution is -0.130. The van der Waals surface area contributed by atoms with Crippen LogP contribution in [-0.2, 0) is 9.53 Å². The van der Waals surface area contributed by atoms with Crippen LogP contribution < -0.4 is 0 Å². The van der Waals surface area contributed by atoms with Gasteiger partial charge in [0, 0.05) is 10.0 Å². The molecule has 0 saturated carbocycles. The highest BCUT2D eigenvalue weighted by molar-refractivity contribution is 9.10. The molecule has 0 unspecified atom stereocenters. The summed E-state index contributed by atoms with van der Waals surface area (Å²) in [4.78, 5) is 11.9. The van der Waals surface area contributed by atoms with Crippen molar-refractivity contribution in [2.45, 2.75) is 0 Å². The van der Waals surface area contributed by atoms with Crippen molar-refractivity contribution < 1.29 is 14.6 Å². The van der Waals surface area contributed by atoms with Gasteiger partial charge in [0.1, 0.15) is 11.5 Å². The van der Waals surface area contributed by atoms with Crippen molar-refractivity contribution >= 4 is 33.7 Å². The van der Waals surface area contributed by atoms with Crippen LogP contribution in [0.5, 0.6) is 5.75 Å². The molecule has 0 spiro atoms. The lowest BCUT2D eigenvalue weighted by Gasteiger charge is -2.01. The van der Waals surface area contributed by atoms with Gasteiger partial charge in [0.2, 0.25) is 0 Å². The number of hydrogen-bond acceptors (Lipinski definition) is 3. The van der Waals surface area contributed by atoms with Gasteiger partial charge in [-0.25, -0.2) is 4.79 Å². The second-order valence-electron chi connectivity index (χ2n) is 4.60. The number of phenols is 1. The van der Waals surface area contributed by atoms with Gasteiger partial charge in [0.15, 0.2) is 0 Å². The molecule has 3 rings (SSSR count). The van der Waals surface area contributed by atoms with E-state index in [-0.39, 0.29) is 11.7 Å². The number of ether oxygens (including phenoxy) is 1. The van der Waals surface area contributed by atoms with E-state index >= 15 is 0 Å². The van der Waals surface area contributed by atoms with Crippen LogP contribution in [0, 0.1) is 0 Å². The molecule has 0 radical (unpaired) electrons. The van der Waals surface area contributed by atoms with Crippen LogP contribution in [0.3, 0.4) is 0 Å². The van der Waals surface area contributed by atoms with Crippen LogP contribution in [0.1, 0.15) is 11.1 Å². The molecule has 0 saturated heterocycles. The molecule has 0 aliphatic carbocycles. The monoisotopic (exact) mass is 342 g/mol. The fraction of sp³-hybridized carbons (Fsp3) is 0. The molecular formula is C17H11BrO3. The maximum Gasteiger partial charge on any atom is 0.343 e. The Morgan fingerprint density at radius 3 is 2.33 bits per heavy atom. The Kier molecular flexibility index (Phi) is 3.62. The van der Waals surface area contributed by atoms with Gasteiger partial charge in [-0.05, 0) is 42.0 Å². The van der Waals surface area contributed by atoms with E-state index in [1.54, 1.807) is 36.4 Å². The summed E-state index contributed by atoms with van der Waals surface area (Å²) in [6, 6.07) is 14.2. The summed E-state index contributed by atoms with van der Waals surface area (Å²) in [5, 5.41) is 9.25. The molecule has 1 aliphatic heterocycles. The second-order valence-corrected chi connectivity index (χ2v) is 5.51. The summed E-state index contributed by atoms with van der Waals surface area (Å²) < 4.78 is 6.25. The maximum absolute atomic E-state index is 11.9. The van der Waals surface area contributed by atoms with Crippen molar-refractivity contribution in [3.05, 3.63) is 75.8 Å². The number of esters is 1. The number of halogens is 1. The molecule has 0 aromatic heterocycles. The normalized spacial score (nSPS) is 16.0. The number of carbonyl (C=O) groups excluding carboxylic acids is 1. The molecule has 21 heavy (non-hydrogen) atoms. The fourth-order valence-corrected chi connectivity index (χ4v) is 2.26. The third kappa shape index (κ3) is 3.06. The summed E-state index contributed by atoms with van der Waals surface area (Å²) >= 11 is 3.37. The van der Waals surface area contributed by atoms with E-state index in [4.69, 9.17) is 4.74 Å². The van der Waals surface area contributed by atoms with E-state index in [9.17, 15) is 9.90 Å². The highest BCUT2D eigenvalue weighted by Crippen LogP contribution is 2.28. The minimum atomic E-state index is -0.374. The van der Waals surface area contributed by atoms with E-state index in [1.807, 2.05) is 24.3 Å². The van der Waals surface area contributed by atoms with Gasteiger partial charge < -0.3 is 9.84 Å². The first-order valence-electron chi connectivity index (χ1n) is 6.32. The van der Waals surface area contributed by atoms with Crippen LogP contribution in [0.4, 0.5) is 0 Å². The molecule has 0 bridgehead atoms. The molecule has 3 nitrogen and oxygen atoms in total. The Morgan fingerprint density at radius 1 is 1.00 bits per heavy atom. The number of rotatable bonds is 2. The number of hydrogen-bond donors (Lipinski definition) is 1. The van der Waals surface area contributed by atoms with Crippen molar-refractivity contribution in [1.82, 2.24) is 0 Å². The Balaban J connectivity index is 1.91. The van der Waals surface area contributed by atoms with Crippen LogP contribution >= 0.6 is 15.9 Å². The summed E-state index contributed by atoms with van der Waals surface area (Å²) in [5.41, 5.74) is 2.16. The third-order valence-electron chi connectivity index (χ3n) is 3.07. The number of phenolic OH excluding ortho intramolecular Hbond substituents is 1. The number of benzene rings is 2. The van der Waals surface area contributed by atoms with E-state index in [2.05, 4.69) is 15.9 Å². The summed E-state index contributed by atoms with van der Waals surface area (Å²) in [7, 11) is 0. The quantitative estimate of drug-likeness (QED) is 0.659. The van der Waals surface area contributed by atoms with Crippen molar-refractivity contribution in [3.8, 4) is 5.75 Å². The first-order valence-corrected chi connectivity index (χ1v) is 7.12. The summed E-state index contributed by atoms with van der Waals surface area (Å²) in [6.45, 7) is 0. The lowest BCUT2D eigenvalue weighted by atomic mass is 10.1. The van der Waals surface area contributed by atoms with Crippen LogP contribution in [0.25, 0.3) is 11.8 Å². The van der Waals surface area contributed by atoms with Gasteiger partial charge in [-0.3, -0.25) is 0 Å². The predicted molar refractivity (Wildman–Crippen MR) is 84.3 cm³/mol. The Labute approximate surface area is 130 Å². The topological polar surface area (TPSA) is 46.5 Å². The highest BCUT2D eigenvalue weighted by Gasteiger charge is 2.21. The Bertz CT molecular complexity index is 741. The van der Waals surface area contributed by atoms with Crippen molar-refractivity contribution in [2.75, 3.05) is 0 Å². The maximum atomic E-state index is 11.9. The molecule has 0 fully saturated rings. The molecule has 1 aliphatic rings. The first-order chi connectivity index (χ1) is 10.1. The smallest absolute Gasteiger partial charge is 0.343 e. The standard InChI is InChI=1S/C17H11BrO3/c18-14-5-3-12(4-6-14)16-10-13(17(20)21-16)9-11-1-7-15(19)8-2-11/h1-10,19H.